The summed E-state index contributed by atoms with van der Waals surface area (Å²) in [4.78, 5) is 16.3. The smallest absolute Gasteiger partial charge is 0.263 e. The van der Waals surface area contributed by atoms with Crippen molar-refractivity contribution in [1.29, 1.82) is 0 Å². The number of likely N-dealkylation sites (N-methyl/N-ethyl adjacent to an activating group) is 1. The second-order valence-corrected chi connectivity index (χ2v) is 6.63. The Morgan fingerprint density at radius 1 is 1.27 bits per heavy atom. The number of hydrogen-bond acceptors (Lipinski definition) is 3. The Morgan fingerprint density at radius 2 is 2.05 bits per heavy atom. The van der Waals surface area contributed by atoms with Gasteiger partial charge in [0.2, 0.25) is 0 Å². The van der Waals surface area contributed by atoms with Crippen molar-refractivity contribution in [2.24, 2.45) is 0 Å². The normalized spacial score (nSPS) is 18.5. The van der Waals surface area contributed by atoms with E-state index in [4.69, 9.17) is 0 Å². The van der Waals surface area contributed by atoms with Crippen LogP contribution in [-0.2, 0) is 0 Å². The predicted octanol–water partition coefficient (Wildman–Crippen LogP) is 3.38. The fourth-order valence-electron chi connectivity index (χ4n) is 2.78. The van der Waals surface area contributed by atoms with Crippen molar-refractivity contribution in [3.8, 4) is 10.4 Å². The van der Waals surface area contributed by atoms with Gasteiger partial charge in [0.05, 0.1) is 4.88 Å². The van der Waals surface area contributed by atoms with Gasteiger partial charge in [-0.25, -0.2) is 4.39 Å². The number of nitrogens with one attached hydrogen (secondary N) is 1. The van der Waals surface area contributed by atoms with E-state index >= 15 is 0 Å². The van der Waals surface area contributed by atoms with Gasteiger partial charge in [0.25, 0.3) is 5.91 Å². The lowest BCUT2D eigenvalue weighted by Crippen LogP contribution is -2.46. The molecule has 0 saturated carbocycles. The standard InChI is InChI=1S/C17H19FN2OS/c1-19-14-3-2-10-20(11-14)17(21)16-9-8-15(22-16)12-4-6-13(18)7-5-12/h4-9,14,19H,2-3,10-11H2,1H3. The molecule has 2 heterocycles. The number of thiophene rings is 1. The third kappa shape index (κ3) is 3.20. The van der Waals surface area contributed by atoms with E-state index < -0.39 is 0 Å². The number of piperidine rings is 1. The summed E-state index contributed by atoms with van der Waals surface area (Å²) in [5, 5.41) is 3.25. The minimum Gasteiger partial charge on any atom is -0.336 e. The predicted molar refractivity (Wildman–Crippen MR) is 87.7 cm³/mol. The lowest BCUT2D eigenvalue weighted by molar-refractivity contribution is 0.0703. The van der Waals surface area contributed by atoms with Crippen LogP contribution in [0.2, 0.25) is 0 Å². The van der Waals surface area contributed by atoms with Gasteiger partial charge in [-0.3, -0.25) is 4.79 Å². The fourth-order valence-corrected chi connectivity index (χ4v) is 3.75. The molecule has 1 amide bonds. The van der Waals surface area contributed by atoms with Crippen LogP contribution in [0.5, 0.6) is 0 Å². The van der Waals surface area contributed by atoms with Crippen LogP contribution in [0.4, 0.5) is 4.39 Å². The summed E-state index contributed by atoms with van der Waals surface area (Å²) >= 11 is 1.47. The highest BCUT2D eigenvalue weighted by Gasteiger charge is 2.24. The molecule has 0 aliphatic carbocycles. The Kier molecular flexibility index (Phi) is 4.55. The number of carbonyl (C=O) groups is 1. The summed E-state index contributed by atoms with van der Waals surface area (Å²) in [7, 11) is 1.94. The van der Waals surface area contributed by atoms with Crippen LogP contribution in [0.15, 0.2) is 36.4 Å². The van der Waals surface area contributed by atoms with Gasteiger partial charge < -0.3 is 10.2 Å². The molecule has 1 aromatic carbocycles. The van der Waals surface area contributed by atoms with E-state index in [1.807, 2.05) is 24.1 Å². The highest BCUT2D eigenvalue weighted by molar-refractivity contribution is 7.17. The van der Waals surface area contributed by atoms with Crippen molar-refractivity contribution in [3.63, 3.8) is 0 Å². The Hall–Kier alpha value is -1.72. The van der Waals surface area contributed by atoms with Crippen LogP contribution in [0.3, 0.4) is 0 Å². The summed E-state index contributed by atoms with van der Waals surface area (Å²) < 4.78 is 13.0. The number of carbonyl (C=O) groups excluding carboxylic acids is 1. The summed E-state index contributed by atoms with van der Waals surface area (Å²) in [5.41, 5.74) is 0.942. The van der Waals surface area contributed by atoms with Gasteiger partial charge in [0.15, 0.2) is 0 Å². The van der Waals surface area contributed by atoms with E-state index in [0.717, 1.165) is 41.2 Å². The quantitative estimate of drug-likeness (QED) is 0.941. The van der Waals surface area contributed by atoms with Gasteiger partial charge >= 0.3 is 0 Å². The first-order valence-electron chi connectivity index (χ1n) is 7.49. The summed E-state index contributed by atoms with van der Waals surface area (Å²) in [6.45, 7) is 1.58. The molecule has 5 heteroatoms. The van der Waals surface area contributed by atoms with Crippen LogP contribution in [0.25, 0.3) is 10.4 Å². The SMILES string of the molecule is CNC1CCCN(C(=O)c2ccc(-c3ccc(F)cc3)s2)C1. The van der Waals surface area contributed by atoms with Gasteiger partial charge in [0, 0.05) is 24.0 Å². The molecule has 0 radical (unpaired) electrons. The van der Waals surface area contributed by atoms with Crippen LogP contribution < -0.4 is 5.32 Å². The molecule has 1 aliphatic rings. The third-order valence-corrected chi connectivity index (χ3v) is 5.18. The van der Waals surface area contributed by atoms with Crippen molar-refractivity contribution >= 4 is 17.2 Å². The summed E-state index contributed by atoms with van der Waals surface area (Å²) in [6.07, 6.45) is 2.15. The molecule has 1 aromatic heterocycles. The van der Waals surface area contributed by atoms with E-state index in [0.29, 0.717) is 6.04 Å². The van der Waals surface area contributed by atoms with E-state index in [2.05, 4.69) is 5.32 Å². The fraction of sp³-hybridized carbons (Fsp3) is 0.353. The Labute approximate surface area is 133 Å². The topological polar surface area (TPSA) is 32.3 Å². The number of rotatable bonds is 3. The third-order valence-electron chi connectivity index (χ3n) is 4.06. The average Bonchev–Trinajstić information content (AvgIpc) is 3.05. The molecular formula is C17H19FN2OS. The molecule has 1 unspecified atom stereocenters. The highest BCUT2D eigenvalue weighted by Crippen LogP contribution is 2.29. The molecular weight excluding hydrogens is 299 g/mol. The molecule has 22 heavy (non-hydrogen) atoms. The van der Waals surface area contributed by atoms with E-state index in [9.17, 15) is 9.18 Å². The lowest BCUT2D eigenvalue weighted by Gasteiger charge is -2.32. The van der Waals surface area contributed by atoms with Gasteiger partial charge in [0.1, 0.15) is 5.82 Å². The molecule has 2 aromatic rings. The van der Waals surface area contributed by atoms with Crippen molar-refractivity contribution in [2.75, 3.05) is 20.1 Å². The monoisotopic (exact) mass is 318 g/mol. The molecule has 1 N–H and O–H groups in total. The van der Waals surface area contributed by atoms with Crippen LogP contribution >= 0.6 is 11.3 Å². The second kappa shape index (κ2) is 6.58. The van der Waals surface area contributed by atoms with E-state index in [-0.39, 0.29) is 11.7 Å². The first-order valence-corrected chi connectivity index (χ1v) is 8.31. The zero-order chi connectivity index (χ0) is 15.5. The van der Waals surface area contributed by atoms with Crippen LogP contribution in [0, 0.1) is 5.82 Å². The maximum Gasteiger partial charge on any atom is 0.263 e. The summed E-state index contributed by atoms with van der Waals surface area (Å²) in [5.74, 6) is -0.152. The zero-order valence-corrected chi connectivity index (χ0v) is 13.3. The maximum atomic E-state index is 13.0. The van der Waals surface area contributed by atoms with Crippen molar-refractivity contribution in [3.05, 3.63) is 47.1 Å². The van der Waals surface area contributed by atoms with Gasteiger partial charge in [-0.05, 0) is 49.7 Å². The Bertz CT molecular complexity index is 653. The molecule has 1 aliphatic heterocycles. The lowest BCUT2D eigenvalue weighted by atomic mass is 10.1. The van der Waals surface area contributed by atoms with Crippen LogP contribution in [-0.4, -0.2) is 37.0 Å². The molecule has 3 rings (SSSR count). The number of amides is 1. The minimum atomic E-state index is -0.247. The van der Waals surface area contributed by atoms with Crippen molar-refractivity contribution in [1.82, 2.24) is 10.2 Å². The molecule has 116 valence electrons. The maximum absolute atomic E-state index is 13.0. The molecule has 1 fully saturated rings. The Balaban J connectivity index is 1.75. The van der Waals surface area contributed by atoms with Gasteiger partial charge in [-0.2, -0.15) is 0 Å². The average molecular weight is 318 g/mol. The number of likely N-dealkylation sites (tertiary alicyclic amines) is 1. The van der Waals surface area contributed by atoms with E-state index in [1.165, 1.54) is 23.5 Å². The molecule has 1 atom stereocenters. The second-order valence-electron chi connectivity index (χ2n) is 5.55. The number of benzene rings is 1. The van der Waals surface area contributed by atoms with Gasteiger partial charge in [-0.15, -0.1) is 11.3 Å². The minimum absolute atomic E-state index is 0.0957. The Morgan fingerprint density at radius 3 is 2.77 bits per heavy atom. The van der Waals surface area contributed by atoms with Crippen LogP contribution in [0.1, 0.15) is 22.5 Å². The zero-order valence-electron chi connectivity index (χ0n) is 12.5. The first kappa shape index (κ1) is 15.2. The van der Waals surface area contributed by atoms with Gasteiger partial charge in [-0.1, -0.05) is 12.1 Å². The molecule has 0 bridgehead atoms. The first-order chi connectivity index (χ1) is 10.7. The number of hydrogen-bond donors (Lipinski definition) is 1. The van der Waals surface area contributed by atoms with Crippen molar-refractivity contribution in [2.45, 2.75) is 18.9 Å². The number of nitrogens with zero attached hydrogens (tertiary/aromatic N) is 1. The number of halogens is 1. The molecule has 0 spiro atoms. The molecule has 3 nitrogen and oxygen atoms in total. The largest absolute Gasteiger partial charge is 0.336 e. The van der Waals surface area contributed by atoms with E-state index in [1.54, 1.807) is 12.1 Å². The summed E-state index contributed by atoms with van der Waals surface area (Å²) in [6, 6.07) is 10.6. The van der Waals surface area contributed by atoms with Crippen molar-refractivity contribution < 1.29 is 9.18 Å². The molecule has 1 saturated heterocycles. The highest BCUT2D eigenvalue weighted by atomic mass is 32.1.